The summed E-state index contributed by atoms with van der Waals surface area (Å²) in [5.41, 5.74) is 5.64. The molecule has 2 aromatic carbocycles. The first kappa shape index (κ1) is 20.1. The van der Waals surface area contributed by atoms with Crippen molar-refractivity contribution < 1.29 is 23.8 Å². The maximum Gasteiger partial charge on any atom is 0.269 e. The molecule has 27 heavy (non-hydrogen) atoms. The van der Waals surface area contributed by atoms with Gasteiger partial charge in [0.2, 0.25) is 5.75 Å². The van der Waals surface area contributed by atoms with E-state index in [1.807, 2.05) is 0 Å². The van der Waals surface area contributed by atoms with Crippen molar-refractivity contribution >= 4 is 29.5 Å². The SMILES string of the molecule is COc1cc(/C=C/C(=O)NNC(=O)c2ccc(Cl)cc2)cc(OC)c1OC. The average Bonchev–Trinajstić information content (AvgIpc) is 2.69. The molecule has 0 atom stereocenters. The minimum absolute atomic E-state index is 0.369. The highest BCUT2D eigenvalue weighted by Gasteiger charge is 2.12. The van der Waals surface area contributed by atoms with Gasteiger partial charge in [-0.05, 0) is 48.0 Å². The second kappa shape index (κ2) is 9.49. The molecular formula is C19H19ClN2O5. The highest BCUT2D eigenvalue weighted by atomic mass is 35.5. The van der Waals surface area contributed by atoms with Crippen molar-refractivity contribution in [1.29, 1.82) is 0 Å². The van der Waals surface area contributed by atoms with Crippen LogP contribution in [-0.4, -0.2) is 33.1 Å². The molecule has 0 saturated heterocycles. The Morgan fingerprint density at radius 3 is 2.04 bits per heavy atom. The van der Waals surface area contributed by atoms with Crippen molar-refractivity contribution in [3.05, 3.63) is 58.6 Å². The van der Waals surface area contributed by atoms with Gasteiger partial charge in [0.25, 0.3) is 11.8 Å². The van der Waals surface area contributed by atoms with Gasteiger partial charge in [0, 0.05) is 16.7 Å². The molecule has 142 valence electrons. The highest BCUT2D eigenvalue weighted by molar-refractivity contribution is 6.30. The van der Waals surface area contributed by atoms with Crippen LogP contribution in [0, 0.1) is 0 Å². The molecule has 7 nitrogen and oxygen atoms in total. The zero-order chi connectivity index (χ0) is 19.8. The van der Waals surface area contributed by atoms with Crippen molar-refractivity contribution in [3.8, 4) is 17.2 Å². The van der Waals surface area contributed by atoms with Crippen LogP contribution in [-0.2, 0) is 4.79 Å². The minimum Gasteiger partial charge on any atom is -0.493 e. The van der Waals surface area contributed by atoms with Crippen LogP contribution in [0.25, 0.3) is 6.08 Å². The normalized spacial score (nSPS) is 10.4. The molecule has 0 aliphatic rings. The number of benzene rings is 2. The fourth-order valence-corrected chi connectivity index (χ4v) is 2.33. The molecule has 0 aromatic heterocycles. The van der Waals surface area contributed by atoms with E-state index in [2.05, 4.69) is 10.9 Å². The standard InChI is InChI=1S/C19H19ClN2O5/c1-25-15-10-12(11-16(26-2)18(15)27-3)4-9-17(23)21-22-19(24)13-5-7-14(20)8-6-13/h4-11H,1-3H3,(H,21,23)(H,22,24)/b9-4+. The highest BCUT2D eigenvalue weighted by Crippen LogP contribution is 2.38. The lowest BCUT2D eigenvalue weighted by Crippen LogP contribution is -2.40. The van der Waals surface area contributed by atoms with E-state index in [9.17, 15) is 9.59 Å². The van der Waals surface area contributed by atoms with Crippen molar-refractivity contribution in [2.75, 3.05) is 21.3 Å². The molecule has 0 unspecified atom stereocenters. The van der Waals surface area contributed by atoms with Gasteiger partial charge in [-0.3, -0.25) is 20.4 Å². The van der Waals surface area contributed by atoms with Crippen LogP contribution >= 0.6 is 11.6 Å². The van der Waals surface area contributed by atoms with Gasteiger partial charge in [0.1, 0.15) is 0 Å². The van der Waals surface area contributed by atoms with Crippen LogP contribution < -0.4 is 25.1 Å². The number of hydrogen-bond donors (Lipinski definition) is 2. The summed E-state index contributed by atoms with van der Waals surface area (Å²) >= 11 is 5.77. The van der Waals surface area contributed by atoms with Gasteiger partial charge in [-0.15, -0.1) is 0 Å². The lowest BCUT2D eigenvalue weighted by atomic mass is 10.1. The van der Waals surface area contributed by atoms with Crippen molar-refractivity contribution in [3.63, 3.8) is 0 Å². The van der Waals surface area contributed by atoms with E-state index in [1.54, 1.807) is 42.5 Å². The van der Waals surface area contributed by atoms with Gasteiger partial charge in [0.15, 0.2) is 11.5 Å². The number of hydrazine groups is 1. The average molecular weight is 391 g/mol. The first-order valence-electron chi connectivity index (χ1n) is 7.82. The lowest BCUT2D eigenvalue weighted by molar-refractivity contribution is -0.117. The number of carbonyl (C=O) groups is 2. The van der Waals surface area contributed by atoms with E-state index in [-0.39, 0.29) is 0 Å². The lowest BCUT2D eigenvalue weighted by Gasteiger charge is -2.12. The molecule has 2 rings (SSSR count). The van der Waals surface area contributed by atoms with Crippen LogP contribution in [0.15, 0.2) is 42.5 Å². The first-order valence-corrected chi connectivity index (χ1v) is 8.20. The maximum atomic E-state index is 11.9. The van der Waals surface area contributed by atoms with Crippen LogP contribution in [0.5, 0.6) is 17.2 Å². The largest absolute Gasteiger partial charge is 0.493 e. The van der Waals surface area contributed by atoms with Crippen LogP contribution in [0.1, 0.15) is 15.9 Å². The van der Waals surface area contributed by atoms with E-state index >= 15 is 0 Å². The minimum atomic E-state index is -0.508. The van der Waals surface area contributed by atoms with Crippen LogP contribution in [0.3, 0.4) is 0 Å². The van der Waals surface area contributed by atoms with E-state index < -0.39 is 11.8 Å². The third-order valence-corrected chi connectivity index (χ3v) is 3.77. The number of ether oxygens (including phenoxy) is 3. The maximum absolute atomic E-state index is 11.9. The topological polar surface area (TPSA) is 85.9 Å². The number of methoxy groups -OCH3 is 3. The van der Waals surface area contributed by atoms with Crippen molar-refractivity contribution in [2.45, 2.75) is 0 Å². The Labute approximate surface area is 161 Å². The molecule has 8 heteroatoms. The molecule has 2 aromatic rings. The Hall–Kier alpha value is -3.19. The van der Waals surface area contributed by atoms with E-state index in [1.165, 1.54) is 27.4 Å². The third-order valence-electron chi connectivity index (χ3n) is 3.52. The molecule has 2 N–H and O–H groups in total. The molecular weight excluding hydrogens is 372 g/mol. The first-order chi connectivity index (χ1) is 13.0. The summed E-state index contributed by atoms with van der Waals surface area (Å²) in [6, 6.07) is 9.66. The monoisotopic (exact) mass is 390 g/mol. The van der Waals surface area contributed by atoms with E-state index in [0.29, 0.717) is 33.4 Å². The molecule has 0 heterocycles. The number of hydrogen-bond acceptors (Lipinski definition) is 5. The Morgan fingerprint density at radius 2 is 1.52 bits per heavy atom. The molecule has 0 radical (unpaired) electrons. The third kappa shape index (κ3) is 5.39. The predicted octanol–water partition coefficient (Wildman–Crippen LogP) is 2.84. The Kier molecular flexibility index (Phi) is 7.08. The van der Waals surface area contributed by atoms with Crippen LogP contribution in [0.4, 0.5) is 0 Å². The van der Waals surface area contributed by atoms with Gasteiger partial charge in [-0.2, -0.15) is 0 Å². The van der Waals surface area contributed by atoms with E-state index in [0.717, 1.165) is 0 Å². The quantitative estimate of drug-likeness (QED) is 0.585. The summed E-state index contributed by atoms with van der Waals surface area (Å²) in [4.78, 5) is 23.8. The fraction of sp³-hybridized carbons (Fsp3) is 0.158. The molecule has 0 spiro atoms. The smallest absolute Gasteiger partial charge is 0.269 e. The van der Waals surface area contributed by atoms with E-state index in [4.69, 9.17) is 25.8 Å². The molecule has 0 fully saturated rings. The number of halogens is 1. The Balaban J connectivity index is 2.01. The molecule has 0 aliphatic heterocycles. The fourth-order valence-electron chi connectivity index (χ4n) is 2.20. The van der Waals surface area contributed by atoms with Gasteiger partial charge >= 0.3 is 0 Å². The molecule has 0 aliphatic carbocycles. The second-order valence-corrected chi connectivity index (χ2v) is 5.68. The summed E-state index contributed by atoms with van der Waals surface area (Å²) in [5.74, 6) is 0.421. The Morgan fingerprint density at radius 1 is 0.926 bits per heavy atom. The Bertz CT molecular complexity index is 825. The summed E-state index contributed by atoms with van der Waals surface area (Å²) < 4.78 is 15.8. The van der Waals surface area contributed by atoms with Crippen molar-refractivity contribution in [1.82, 2.24) is 10.9 Å². The molecule has 2 amide bonds. The van der Waals surface area contributed by atoms with Crippen LogP contribution in [0.2, 0.25) is 5.02 Å². The molecule has 0 saturated carbocycles. The van der Waals surface area contributed by atoms with Gasteiger partial charge in [-0.1, -0.05) is 11.6 Å². The molecule has 0 bridgehead atoms. The number of amides is 2. The van der Waals surface area contributed by atoms with Gasteiger partial charge in [0.05, 0.1) is 21.3 Å². The second-order valence-electron chi connectivity index (χ2n) is 5.24. The zero-order valence-corrected chi connectivity index (χ0v) is 15.8. The summed E-state index contributed by atoms with van der Waals surface area (Å²) in [5, 5.41) is 0.517. The number of nitrogens with one attached hydrogen (secondary N) is 2. The van der Waals surface area contributed by atoms with Crippen molar-refractivity contribution in [2.24, 2.45) is 0 Å². The number of carbonyl (C=O) groups excluding carboxylic acids is 2. The number of rotatable bonds is 6. The van der Waals surface area contributed by atoms with Gasteiger partial charge < -0.3 is 14.2 Å². The predicted molar refractivity (Wildman–Crippen MR) is 102 cm³/mol. The summed E-state index contributed by atoms with van der Waals surface area (Å²) in [6.07, 6.45) is 2.82. The zero-order valence-electron chi connectivity index (χ0n) is 15.0. The summed E-state index contributed by atoms with van der Waals surface area (Å²) in [7, 11) is 4.51. The van der Waals surface area contributed by atoms with Gasteiger partial charge in [-0.25, -0.2) is 0 Å². The summed E-state index contributed by atoms with van der Waals surface area (Å²) in [6.45, 7) is 0.